The Morgan fingerprint density at radius 3 is 2.62 bits per heavy atom. The molecule has 1 spiro atoms. The minimum absolute atomic E-state index is 0.120. The van der Waals surface area contributed by atoms with Gasteiger partial charge in [0.1, 0.15) is 12.1 Å². The van der Waals surface area contributed by atoms with E-state index in [0.29, 0.717) is 12.6 Å². The van der Waals surface area contributed by atoms with Crippen molar-refractivity contribution in [1.29, 1.82) is 0 Å². The summed E-state index contributed by atoms with van der Waals surface area (Å²) < 4.78 is 5.38. The minimum atomic E-state index is -0.120. The van der Waals surface area contributed by atoms with Crippen molar-refractivity contribution < 1.29 is 4.74 Å². The summed E-state index contributed by atoms with van der Waals surface area (Å²) in [6, 6.07) is 17.6. The summed E-state index contributed by atoms with van der Waals surface area (Å²) in [4.78, 5) is 4.53. The highest BCUT2D eigenvalue weighted by Crippen LogP contribution is 2.36. The fourth-order valence-electron chi connectivity index (χ4n) is 3.38. The van der Waals surface area contributed by atoms with Crippen molar-refractivity contribution in [3.8, 4) is 11.1 Å². The van der Waals surface area contributed by atoms with Crippen LogP contribution in [0.1, 0.15) is 17.5 Å². The largest absolute Gasteiger partial charge is 0.463 e. The number of hydrogen-bond donors (Lipinski definition) is 1. The Labute approximate surface area is 124 Å². The topological polar surface area (TPSA) is 47.6 Å². The first-order chi connectivity index (χ1) is 10.2. The number of rotatable bonds is 1. The first-order valence-corrected chi connectivity index (χ1v) is 7.40. The average Bonchev–Trinajstić information content (AvgIpc) is 2.88. The number of aryl methyl sites for hydroxylation is 1. The summed E-state index contributed by atoms with van der Waals surface area (Å²) >= 11 is 0. The van der Waals surface area contributed by atoms with Gasteiger partial charge >= 0.3 is 0 Å². The molecule has 106 valence electrons. The first kappa shape index (κ1) is 12.5. The van der Waals surface area contributed by atoms with Crippen molar-refractivity contribution >= 4 is 6.02 Å². The van der Waals surface area contributed by atoms with Crippen LogP contribution in [0.25, 0.3) is 11.1 Å². The van der Waals surface area contributed by atoms with E-state index in [-0.39, 0.29) is 5.54 Å². The monoisotopic (exact) mass is 278 g/mol. The van der Waals surface area contributed by atoms with Gasteiger partial charge in [-0.2, -0.15) is 0 Å². The molecule has 0 fully saturated rings. The normalized spacial score (nSPS) is 23.5. The third kappa shape index (κ3) is 2.19. The Hall–Kier alpha value is -2.29. The van der Waals surface area contributed by atoms with Gasteiger partial charge in [0.2, 0.25) is 0 Å². The maximum absolute atomic E-state index is 5.69. The molecule has 3 heteroatoms. The zero-order valence-corrected chi connectivity index (χ0v) is 11.9. The molecular weight excluding hydrogens is 260 g/mol. The van der Waals surface area contributed by atoms with E-state index in [1.807, 2.05) is 6.07 Å². The van der Waals surface area contributed by atoms with Crippen LogP contribution in [-0.2, 0) is 17.6 Å². The molecule has 21 heavy (non-hydrogen) atoms. The number of nitrogens with zero attached hydrogens (tertiary/aromatic N) is 1. The molecule has 0 radical (unpaired) electrons. The molecule has 1 aliphatic heterocycles. The summed E-state index contributed by atoms with van der Waals surface area (Å²) in [6.07, 6.45) is 2.98. The van der Waals surface area contributed by atoms with E-state index in [0.717, 1.165) is 19.3 Å². The summed E-state index contributed by atoms with van der Waals surface area (Å²) in [6.45, 7) is 0.624. The lowest BCUT2D eigenvalue weighted by Crippen LogP contribution is -2.35. The Morgan fingerprint density at radius 2 is 1.86 bits per heavy atom. The van der Waals surface area contributed by atoms with Gasteiger partial charge in [-0.3, -0.25) is 0 Å². The highest BCUT2D eigenvalue weighted by atomic mass is 16.5. The Morgan fingerprint density at radius 1 is 1.00 bits per heavy atom. The van der Waals surface area contributed by atoms with Gasteiger partial charge < -0.3 is 10.5 Å². The molecule has 4 rings (SSSR count). The number of benzene rings is 2. The van der Waals surface area contributed by atoms with E-state index in [4.69, 9.17) is 10.5 Å². The molecule has 0 bridgehead atoms. The SMILES string of the molecule is NC1=NC2(CCc3cc(-c4ccccc4)ccc3C2)CO1. The molecule has 0 saturated carbocycles. The van der Waals surface area contributed by atoms with Gasteiger partial charge in [-0.05, 0) is 35.1 Å². The summed E-state index contributed by atoms with van der Waals surface area (Å²) in [5.41, 5.74) is 10.9. The molecule has 1 heterocycles. The molecule has 2 aromatic carbocycles. The van der Waals surface area contributed by atoms with Crippen molar-refractivity contribution in [1.82, 2.24) is 0 Å². The highest BCUT2D eigenvalue weighted by molar-refractivity contribution is 5.74. The number of ether oxygens (including phenoxy) is 1. The van der Waals surface area contributed by atoms with E-state index in [2.05, 4.69) is 47.5 Å². The Kier molecular flexibility index (Phi) is 2.74. The van der Waals surface area contributed by atoms with Gasteiger partial charge in [0.15, 0.2) is 0 Å². The summed E-state index contributed by atoms with van der Waals surface area (Å²) in [5.74, 6) is 0. The van der Waals surface area contributed by atoms with E-state index in [1.165, 1.54) is 22.3 Å². The lowest BCUT2D eigenvalue weighted by molar-refractivity contribution is 0.235. The molecule has 1 unspecified atom stereocenters. The first-order valence-electron chi connectivity index (χ1n) is 7.40. The van der Waals surface area contributed by atoms with Crippen LogP contribution in [0, 0.1) is 0 Å². The fourth-order valence-corrected chi connectivity index (χ4v) is 3.38. The van der Waals surface area contributed by atoms with Crippen LogP contribution in [0.4, 0.5) is 0 Å². The molecule has 1 atom stereocenters. The van der Waals surface area contributed by atoms with Crippen molar-refractivity contribution in [2.75, 3.05) is 6.61 Å². The zero-order chi connectivity index (χ0) is 14.3. The molecule has 2 aliphatic rings. The second-order valence-corrected chi connectivity index (χ2v) is 5.99. The number of hydrogen-bond acceptors (Lipinski definition) is 3. The summed E-state index contributed by atoms with van der Waals surface area (Å²) in [5, 5.41) is 0. The fraction of sp³-hybridized carbons (Fsp3) is 0.278. The molecule has 1 aliphatic carbocycles. The minimum Gasteiger partial charge on any atom is -0.463 e. The Bertz CT molecular complexity index is 708. The number of aliphatic imine (C=N–C) groups is 1. The number of nitrogens with two attached hydrogens (primary N) is 1. The molecule has 0 amide bonds. The molecule has 2 aromatic rings. The third-order valence-corrected chi connectivity index (χ3v) is 4.53. The van der Waals surface area contributed by atoms with E-state index in [9.17, 15) is 0 Å². The molecule has 2 N–H and O–H groups in total. The summed E-state index contributed by atoms with van der Waals surface area (Å²) in [7, 11) is 0. The second-order valence-electron chi connectivity index (χ2n) is 5.99. The van der Waals surface area contributed by atoms with Gasteiger partial charge in [-0.25, -0.2) is 4.99 Å². The lowest BCUT2D eigenvalue weighted by Gasteiger charge is -2.30. The highest BCUT2D eigenvalue weighted by Gasteiger charge is 2.39. The van der Waals surface area contributed by atoms with E-state index < -0.39 is 0 Å². The van der Waals surface area contributed by atoms with Crippen LogP contribution < -0.4 is 5.73 Å². The maximum Gasteiger partial charge on any atom is 0.282 e. The van der Waals surface area contributed by atoms with Crippen molar-refractivity contribution in [2.24, 2.45) is 10.7 Å². The van der Waals surface area contributed by atoms with E-state index in [1.54, 1.807) is 0 Å². The molecular formula is C18H18N2O. The van der Waals surface area contributed by atoms with Crippen molar-refractivity contribution in [2.45, 2.75) is 24.8 Å². The van der Waals surface area contributed by atoms with Gasteiger partial charge in [0, 0.05) is 6.42 Å². The van der Waals surface area contributed by atoms with Crippen molar-refractivity contribution in [3.05, 3.63) is 59.7 Å². The maximum atomic E-state index is 5.69. The van der Waals surface area contributed by atoms with Gasteiger partial charge in [0.05, 0.1) is 0 Å². The number of fused-ring (bicyclic) bond motifs is 1. The van der Waals surface area contributed by atoms with Crippen LogP contribution >= 0.6 is 0 Å². The van der Waals surface area contributed by atoms with Crippen molar-refractivity contribution in [3.63, 3.8) is 0 Å². The standard InChI is InChI=1S/C18H18N2O/c19-17-20-18(12-21-17)9-8-15-10-14(6-7-16(15)11-18)13-4-2-1-3-5-13/h1-7,10H,8-9,11-12H2,(H2,19,20). The predicted molar refractivity (Wildman–Crippen MR) is 84.2 cm³/mol. The van der Waals surface area contributed by atoms with Gasteiger partial charge in [0.25, 0.3) is 6.02 Å². The average molecular weight is 278 g/mol. The van der Waals surface area contributed by atoms with Crippen LogP contribution in [0.2, 0.25) is 0 Å². The van der Waals surface area contributed by atoms with Gasteiger partial charge in [-0.1, -0.05) is 48.5 Å². The lowest BCUT2D eigenvalue weighted by atomic mass is 9.78. The van der Waals surface area contributed by atoms with Crippen LogP contribution in [-0.4, -0.2) is 18.2 Å². The predicted octanol–water partition coefficient (Wildman–Crippen LogP) is 2.93. The molecule has 3 nitrogen and oxygen atoms in total. The number of amidine groups is 1. The molecule has 0 saturated heterocycles. The van der Waals surface area contributed by atoms with Crippen LogP contribution in [0.15, 0.2) is 53.5 Å². The second kappa shape index (κ2) is 4.62. The van der Waals surface area contributed by atoms with E-state index >= 15 is 0 Å². The zero-order valence-electron chi connectivity index (χ0n) is 11.9. The van der Waals surface area contributed by atoms with Gasteiger partial charge in [-0.15, -0.1) is 0 Å². The quantitative estimate of drug-likeness (QED) is 0.872. The Balaban J connectivity index is 1.67. The third-order valence-electron chi connectivity index (χ3n) is 4.53. The van der Waals surface area contributed by atoms with Crippen LogP contribution in [0.3, 0.4) is 0 Å². The van der Waals surface area contributed by atoms with Crippen LogP contribution in [0.5, 0.6) is 0 Å². The smallest absolute Gasteiger partial charge is 0.282 e. The molecule has 0 aromatic heterocycles.